The number of nitro groups is 1. The van der Waals surface area contributed by atoms with Crippen LogP contribution in [0.5, 0.6) is 0 Å². The van der Waals surface area contributed by atoms with E-state index in [9.17, 15) is 19.7 Å². The first kappa shape index (κ1) is 18.3. The van der Waals surface area contributed by atoms with E-state index in [1.165, 1.54) is 35.4 Å². The molecule has 0 bridgehead atoms. The van der Waals surface area contributed by atoms with Crippen LogP contribution in [-0.2, 0) is 9.59 Å². The van der Waals surface area contributed by atoms with Crippen LogP contribution in [0.2, 0.25) is 0 Å². The summed E-state index contributed by atoms with van der Waals surface area (Å²) in [6.07, 6.45) is 1.17. The molecule has 2 aromatic rings. The van der Waals surface area contributed by atoms with Gasteiger partial charge in [-0.3, -0.25) is 29.6 Å². The van der Waals surface area contributed by atoms with E-state index >= 15 is 0 Å². The fraction of sp³-hybridized carbons (Fsp3) is 0.111. The van der Waals surface area contributed by atoms with Gasteiger partial charge in [-0.05, 0) is 37.3 Å². The van der Waals surface area contributed by atoms with Crippen LogP contribution in [0, 0.1) is 23.0 Å². The number of amides is 2. The molecule has 1 saturated heterocycles. The number of thiocarbonyl (C=S) groups is 1. The summed E-state index contributed by atoms with van der Waals surface area (Å²) in [7, 11) is 0. The number of nitrogens with zero attached hydrogens (tertiary/aromatic N) is 3. The smallest absolute Gasteiger partial charge is 0.271 e. The predicted molar refractivity (Wildman–Crippen MR) is 104 cm³/mol. The molecule has 1 atom stereocenters. The molecule has 1 aliphatic heterocycles. The first-order valence-electron chi connectivity index (χ1n) is 7.91. The van der Waals surface area contributed by atoms with Gasteiger partial charge in [0.25, 0.3) is 11.6 Å². The minimum Gasteiger partial charge on any atom is -0.301 e. The van der Waals surface area contributed by atoms with Crippen LogP contribution in [0.15, 0.2) is 53.5 Å². The molecule has 0 saturated carbocycles. The van der Waals surface area contributed by atoms with Gasteiger partial charge in [0.15, 0.2) is 11.0 Å². The third-order valence-electron chi connectivity index (χ3n) is 3.91. The molecular formula is C18H14N4O4S. The molecular weight excluding hydrogens is 368 g/mol. The lowest BCUT2D eigenvalue weighted by molar-refractivity contribution is -0.384. The Kier molecular flexibility index (Phi) is 5.04. The fourth-order valence-corrected chi connectivity index (χ4v) is 2.80. The lowest BCUT2D eigenvalue weighted by Gasteiger charge is -2.30. The van der Waals surface area contributed by atoms with E-state index in [1.807, 2.05) is 19.1 Å². The van der Waals surface area contributed by atoms with Gasteiger partial charge in [-0.15, -0.1) is 0 Å². The molecule has 2 aromatic carbocycles. The Morgan fingerprint density at radius 2 is 1.93 bits per heavy atom. The average molecular weight is 382 g/mol. The highest BCUT2D eigenvalue weighted by molar-refractivity contribution is 7.80. The largest absolute Gasteiger partial charge is 0.301 e. The summed E-state index contributed by atoms with van der Waals surface area (Å²) in [6.45, 7) is 1.91. The zero-order valence-electron chi connectivity index (χ0n) is 14.2. The molecule has 0 spiro atoms. The molecule has 1 heterocycles. The second-order valence-electron chi connectivity index (χ2n) is 5.84. The van der Waals surface area contributed by atoms with Gasteiger partial charge in [0.05, 0.1) is 16.3 Å². The Bertz CT molecular complexity index is 972. The number of aliphatic imine (C=N–C) groups is 1. The van der Waals surface area contributed by atoms with Crippen LogP contribution in [0.3, 0.4) is 0 Å². The van der Waals surface area contributed by atoms with E-state index in [0.717, 1.165) is 5.56 Å². The van der Waals surface area contributed by atoms with E-state index in [4.69, 9.17) is 12.2 Å². The van der Waals surface area contributed by atoms with E-state index < -0.39 is 22.7 Å². The molecule has 2 amide bonds. The molecule has 0 aliphatic carbocycles. The highest BCUT2D eigenvalue weighted by Gasteiger charge is 2.38. The van der Waals surface area contributed by atoms with Gasteiger partial charge in [-0.1, -0.05) is 23.8 Å². The third kappa shape index (κ3) is 3.87. The number of carbonyl (C=O) groups excluding carboxylic acids is 2. The maximum atomic E-state index is 12.8. The Balaban J connectivity index is 1.88. The number of nitrogens with one attached hydrogen (secondary N) is 1. The predicted octanol–water partition coefficient (Wildman–Crippen LogP) is 2.67. The van der Waals surface area contributed by atoms with Crippen LogP contribution >= 0.6 is 12.2 Å². The monoisotopic (exact) mass is 382 g/mol. The van der Waals surface area contributed by atoms with Crippen molar-refractivity contribution in [3.05, 3.63) is 64.2 Å². The normalized spacial score (nSPS) is 17.3. The van der Waals surface area contributed by atoms with Crippen molar-refractivity contribution in [1.29, 1.82) is 0 Å². The van der Waals surface area contributed by atoms with Gasteiger partial charge in [-0.25, -0.2) is 0 Å². The first-order valence-corrected chi connectivity index (χ1v) is 8.32. The lowest BCUT2D eigenvalue weighted by atomic mass is 10.1. The van der Waals surface area contributed by atoms with Crippen molar-refractivity contribution >= 4 is 52.4 Å². The quantitative estimate of drug-likeness (QED) is 0.288. The SMILES string of the molecule is Cc1ccc(N2C(=O)[C@@H](C=Nc3cccc([N+](=O)[O-])c3)C(=O)NC2=S)cc1. The van der Waals surface area contributed by atoms with Gasteiger partial charge in [0.2, 0.25) is 5.91 Å². The second-order valence-corrected chi connectivity index (χ2v) is 6.22. The van der Waals surface area contributed by atoms with Gasteiger partial charge in [-0.2, -0.15) is 0 Å². The van der Waals surface area contributed by atoms with Crippen molar-refractivity contribution < 1.29 is 14.5 Å². The highest BCUT2D eigenvalue weighted by Crippen LogP contribution is 2.23. The average Bonchev–Trinajstić information content (AvgIpc) is 2.63. The zero-order valence-corrected chi connectivity index (χ0v) is 15.0. The van der Waals surface area contributed by atoms with Crippen LogP contribution in [0.1, 0.15) is 5.56 Å². The Morgan fingerprint density at radius 1 is 1.22 bits per heavy atom. The van der Waals surface area contributed by atoms with Gasteiger partial charge >= 0.3 is 0 Å². The number of aryl methyl sites for hydroxylation is 1. The van der Waals surface area contributed by atoms with Crippen molar-refractivity contribution in [2.24, 2.45) is 10.9 Å². The summed E-state index contributed by atoms with van der Waals surface area (Å²) in [6, 6.07) is 12.7. The number of non-ortho nitro benzene ring substituents is 1. The highest BCUT2D eigenvalue weighted by atomic mass is 32.1. The molecule has 8 nitrogen and oxygen atoms in total. The lowest BCUT2D eigenvalue weighted by Crippen LogP contribution is -2.58. The summed E-state index contributed by atoms with van der Waals surface area (Å²) in [5, 5.41) is 13.3. The molecule has 0 radical (unpaired) electrons. The molecule has 0 unspecified atom stereocenters. The van der Waals surface area contributed by atoms with E-state index in [1.54, 1.807) is 12.1 Å². The van der Waals surface area contributed by atoms with Gasteiger partial charge in [0.1, 0.15) is 0 Å². The van der Waals surface area contributed by atoms with Crippen LogP contribution in [0.25, 0.3) is 0 Å². The minimum absolute atomic E-state index is 0.00569. The number of benzene rings is 2. The van der Waals surface area contributed by atoms with E-state index in [2.05, 4.69) is 10.3 Å². The van der Waals surface area contributed by atoms with Gasteiger partial charge < -0.3 is 5.32 Å². The van der Waals surface area contributed by atoms with Crippen LogP contribution < -0.4 is 10.2 Å². The molecule has 136 valence electrons. The maximum absolute atomic E-state index is 12.8. The van der Waals surface area contributed by atoms with Gasteiger partial charge in [0, 0.05) is 18.3 Å². The minimum atomic E-state index is -1.20. The molecule has 1 fully saturated rings. The molecule has 1 aliphatic rings. The van der Waals surface area contributed by atoms with E-state index in [-0.39, 0.29) is 16.5 Å². The van der Waals surface area contributed by atoms with Crippen molar-refractivity contribution in [1.82, 2.24) is 5.32 Å². The zero-order chi connectivity index (χ0) is 19.6. The maximum Gasteiger partial charge on any atom is 0.271 e. The first-order chi connectivity index (χ1) is 12.9. The standard InChI is InChI=1S/C18H14N4O4S/c1-11-5-7-13(8-6-11)21-17(24)15(16(23)20-18(21)27)10-19-12-3-2-4-14(9-12)22(25)26/h2-10,15H,1H3,(H,20,23,27)/t15-/m0/s1. The van der Waals surface area contributed by atoms with Crippen molar-refractivity contribution in [2.75, 3.05) is 4.90 Å². The van der Waals surface area contributed by atoms with Crippen LogP contribution in [-0.4, -0.2) is 28.1 Å². The summed E-state index contributed by atoms with van der Waals surface area (Å²) in [5.74, 6) is -2.33. The Labute approximate surface area is 159 Å². The number of nitro benzene ring substituents is 1. The second kappa shape index (κ2) is 7.42. The molecule has 1 N–H and O–H groups in total. The van der Waals surface area contributed by atoms with Crippen molar-refractivity contribution in [2.45, 2.75) is 6.92 Å². The third-order valence-corrected chi connectivity index (χ3v) is 4.19. The summed E-state index contributed by atoms with van der Waals surface area (Å²) >= 11 is 5.13. The molecule has 27 heavy (non-hydrogen) atoms. The van der Waals surface area contributed by atoms with E-state index in [0.29, 0.717) is 5.69 Å². The summed E-state index contributed by atoms with van der Waals surface area (Å²) in [5.41, 5.74) is 1.68. The topological polar surface area (TPSA) is 105 Å². The Hall–Kier alpha value is -3.46. The summed E-state index contributed by atoms with van der Waals surface area (Å²) in [4.78, 5) is 40.6. The Morgan fingerprint density at radius 3 is 2.59 bits per heavy atom. The molecule has 3 rings (SSSR count). The van der Waals surface area contributed by atoms with Crippen LogP contribution in [0.4, 0.5) is 17.1 Å². The van der Waals surface area contributed by atoms with Crippen molar-refractivity contribution in [3.63, 3.8) is 0 Å². The number of rotatable bonds is 4. The number of carbonyl (C=O) groups is 2. The molecule has 0 aromatic heterocycles. The fourth-order valence-electron chi connectivity index (χ4n) is 2.51. The number of hydrogen-bond acceptors (Lipinski definition) is 6. The number of hydrogen-bond donors (Lipinski definition) is 1. The molecule has 9 heteroatoms. The summed E-state index contributed by atoms with van der Waals surface area (Å²) < 4.78 is 0. The number of anilines is 1. The van der Waals surface area contributed by atoms with Crippen molar-refractivity contribution in [3.8, 4) is 0 Å².